The normalized spacial score (nSPS) is 10.8. The van der Waals surface area contributed by atoms with Crippen molar-refractivity contribution < 1.29 is 4.79 Å². The largest absolute Gasteiger partial charge is 0.334 e. The molecule has 0 atom stereocenters. The van der Waals surface area contributed by atoms with Gasteiger partial charge in [-0.2, -0.15) is 10.2 Å². The van der Waals surface area contributed by atoms with Crippen LogP contribution < -0.4 is 0 Å². The summed E-state index contributed by atoms with van der Waals surface area (Å²) in [4.78, 5) is 14.0. The summed E-state index contributed by atoms with van der Waals surface area (Å²) >= 11 is 6.81. The molecule has 1 amide bonds. The number of carbonyl (C=O) groups is 1. The summed E-state index contributed by atoms with van der Waals surface area (Å²) in [6.07, 6.45) is 3.50. The minimum Gasteiger partial charge on any atom is -0.334 e. The topological polar surface area (TPSA) is 56.0 Å². The van der Waals surface area contributed by atoms with Crippen LogP contribution >= 0.6 is 31.9 Å². The van der Waals surface area contributed by atoms with E-state index in [1.807, 2.05) is 11.6 Å². The molecule has 0 aliphatic heterocycles. The Morgan fingerprint density at radius 1 is 1.40 bits per heavy atom. The molecule has 0 fully saturated rings. The van der Waals surface area contributed by atoms with Gasteiger partial charge in [-0.25, -0.2) is 0 Å². The van der Waals surface area contributed by atoms with Crippen LogP contribution in [0.5, 0.6) is 0 Å². The standard InChI is InChI=1S/C12H15Br2N5O/c1-4-19-10(8(13)5-15-19)7-17(2)12(20)11-9(14)6-18(3)16-11/h5-6H,4,7H2,1-3H3. The molecule has 0 saturated carbocycles. The van der Waals surface area contributed by atoms with E-state index in [0.717, 1.165) is 16.7 Å². The third-order valence-corrected chi connectivity index (χ3v) is 4.16. The fourth-order valence-corrected chi connectivity index (χ4v) is 2.87. The lowest BCUT2D eigenvalue weighted by atomic mass is 10.3. The van der Waals surface area contributed by atoms with Crippen molar-refractivity contribution in [2.75, 3.05) is 7.05 Å². The second kappa shape index (κ2) is 6.09. The van der Waals surface area contributed by atoms with Crippen molar-refractivity contribution in [1.29, 1.82) is 0 Å². The number of carbonyl (C=O) groups excluding carboxylic acids is 1. The van der Waals surface area contributed by atoms with Gasteiger partial charge < -0.3 is 4.90 Å². The first-order chi connectivity index (χ1) is 9.43. The van der Waals surface area contributed by atoms with E-state index < -0.39 is 0 Å². The van der Waals surface area contributed by atoms with E-state index in [-0.39, 0.29) is 5.91 Å². The van der Waals surface area contributed by atoms with E-state index in [4.69, 9.17) is 0 Å². The van der Waals surface area contributed by atoms with Crippen LogP contribution in [0.25, 0.3) is 0 Å². The van der Waals surface area contributed by atoms with Crippen LogP contribution in [0.15, 0.2) is 21.3 Å². The molecule has 0 saturated heterocycles. The maximum Gasteiger partial charge on any atom is 0.275 e. The molecule has 0 aliphatic rings. The van der Waals surface area contributed by atoms with Crippen molar-refractivity contribution in [3.63, 3.8) is 0 Å². The lowest BCUT2D eigenvalue weighted by Gasteiger charge is -2.17. The molecule has 2 aromatic rings. The molecular formula is C12H15Br2N5O. The average Bonchev–Trinajstić information content (AvgIpc) is 2.92. The van der Waals surface area contributed by atoms with Gasteiger partial charge in [0.2, 0.25) is 0 Å². The molecule has 6 nitrogen and oxygen atoms in total. The minimum absolute atomic E-state index is 0.131. The molecule has 20 heavy (non-hydrogen) atoms. The van der Waals surface area contributed by atoms with Crippen molar-refractivity contribution in [2.45, 2.75) is 20.0 Å². The maximum absolute atomic E-state index is 12.4. The van der Waals surface area contributed by atoms with Crippen LogP contribution in [-0.4, -0.2) is 37.4 Å². The van der Waals surface area contributed by atoms with E-state index in [2.05, 4.69) is 42.1 Å². The number of halogens is 2. The second-order valence-electron chi connectivity index (χ2n) is 4.42. The van der Waals surface area contributed by atoms with Crippen LogP contribution in [-0.2, 0) is 20.1 Å². The van der Waals surface area contributed by atoms with E-state index in [1.165, 1.54) is 0 Å². The quantitative estimate of drug-likeness (QED) is 0.786. The molecule has 0 bridgehead atoms. The highest BCUT2D eigenvalue weighted by Crippen LogP contribution is 2.20. The zero-order valence-electron chi connectivity index (χ0n) is 11.5. The van der Waals surface area contributed by atoms with Gasteiger partial charge in [0.05, 0.1) is 27.4 Å². The van der Waals surface area contributed by atoms with Crippen molar-refractivity contribution in [3.8, 4) is 0 Å². The Morgan fingerprint density at radius 2 is 2.10 bits per heavy atom. The number of aromatic nitrogens is 4. The van der Waals surface area contributed by atoms with Crippen molar-refractivity contribution in [1.82, 2.24) is 24.5 Å². The first-order valence-electron chi connectivity index (χ1n) is 6.08. The lowest BCUT2D eigenvalue weighted by molar-refractivity contribution is 0.0773. The Bertz CT molecular complexity index is 634. The van der Waals surface area contributed by atoms with Gasteiger partial charge in [-0.05, 0) is 38.8 Å². The van der Waals surface area contributed by atoms with Crippen LogP contribution in [0.3, 0.4) is 0 Å². The summed E-state index contributed by atoms with van der Waals surface area (Å²) in [5.41, 5.74) is 1.38. The van der Waals surface area contributed by atoms with Gasteiger partial charge in [0.1, 0.15) is 0 Å². The summed E-state index contributed by atoms with van der Waals surface area (Å²) < 4.78 is 5.07. The smallest absolute Gasteiger partial charge is 0.275 e. The van der Waals surface area contributed by atoms with Gasteiger partial charge in [-0.1, -0.05) is 0 Å². The first kappa shape index (κ1) is 15.2. The SMILES string of the molecule is CCn1ncc(Br)c1CN(C)C(=O)c1nn(C)cc1Br. The zero-order valence-corrected chi connectivity index (χ0v) is 14.6. The van der Waals surface area contributed by atoms with E-state index in [1.54, 1.807) is 36.1 Å². The van der Waals surface area contributed by atoms with E-state index in [0.29, 0.717) is 16.7 Å². The molecule has 8 heteroatoms. The fourth-order valence-electron chi connectivity index (χ4n) is 1.90. The predicted molar refractivity (Wildman–Crippen MR) is 82.3 cm³/mol. The van der Waals surface area contributed by atoms with Gasteiger partial charge in [-0.15, -0.1) is 0 Å². The Kier molecular flexibility index (Phi) is 4.64. The summed E-state index contributed by atoms with van der Waals surface area (Å²) in [6, 6.07) is 0. The molecular weight excluding hydrogens is 390 g/mol. The maximum atomic E-state index is 12.4. The third kappa shape index (κ3) is 2.95. The van der Waals surface area contributed by atoms with Crippen molar-refractivity contribution in [2.24, 2.45) is 7.05 Å². The van der Waals surface area contributed by atoms with Gasteiger partial charge >= 0.3 is 0 Å². The van der Waals surface area contributed by atoms with Gasteiger partial charge in [0.25, 0.3) is 5.91 Å². The molecule has 2 aromatic heterocycles. The monoisotopic (exact) mass is 403 g/mol. The van der Waals surface area contributed by atoms with E-state index in [9.17, 15) is 4.79 Å². The van der Waals surface area contributed by atoms with Crippen molar-refractivity contribution >= 4 is 37.8 Å². The van der Waals surface area contributed by atoms with Crippen LogP contribution in [0.4, 0.5) is 0 Å². The fraction of sp³-hybridized carbons (Fsp3) is 0.417. The van der Waals surface area contributed by atoms with Crippen LogP contribution in [0, 0.1) is 0 Å². The Morgan fingerprint density at radius 3 is 2.65 bits per heavy atom. The molecule has 108 valence electrons. The highest BCUT2D eigenvalue weighted by Gasteiger charge is 2.20. The second-order valence-corrected chi connectivity index (χ2v) is 6.12. The summed E-state index contributed by atoms with van der Waals surface area (Å²) in [6.45, 7) is 3.24. The highest BCUT2D eigenvalue weighted by molar-refractivity contribution is 9.10. The summed E-state index contributed by atoms with van der Waals surface area (Å²) in [5.74, 6) is -0.131. The molecule has 2 rings (SSSR count). The number of nitrogens with zero attached hydrogens (tertiary/aromatic N) is 5. The van der Waals surface area contributed by atoms with Crippen molar-refractivity contribution in [3.05, 3.63) is 32.7 Å². The third-order valence-electron chi connectivity index (χ3n) is 2.92. The van der Waals surface area contributed by atoms with Gasteiger partial charge in [0.15, 0.2) is 5.69 Å². The highest BCUT2D eigenvalue weighted by atomic mass is 79.9. The molecule has 0 unspecified atom stereocenters. The molecule has 0 spiro atoms. The van der Waals surface area contributed by atoms with Gasteiger partial charge in [-0.3, -0.25) is 14.2 Å². The Labute approximate surface area is 134 Å². The molecule has 0 radical (unpaired) electrons. The molecule has 0 N–H and O–H groups in total. The molecule has 0 aliphatic carbocycles. The summed E-state index contributed by atoms with van der Waals surface area (Å²) in [5, 5.41) is 8.41. The number of hydrogen-bond donors (Lipinski definition) is 0. The summed E-state index contributed by atoms with van der Waals surface area (Å²) in [7, 11) is 3.53. The van der Waals surface area contributed by atoms with Gasteiger partial charge in [0, 0.05) is 26.8 Å². The Balaban J connectivity index is 2.19. The number of hydrogen-bond acceptors (Lipinski definition) is 3. The number of aryl methyl sites for hydroxylation is 2. The molecule has 2 heterocycles. The Hall–Kier alpha value is -1.15. The van der Waals surface area contributed by atoms with Crippen LogP contribution in [0.1, 0.15) is 23.1 Å². The van der Waals surface area contributed by atoms with Crippen LogP contribution in [0.2, 0.25) is 0 Å². The lowest BCUT2D eigenvalue weighted by Crippen LogP contribution is -2.28. The number of rotatable bonds is 4. The first-order valence-corrected chi connectivity index (χ1v) is 7.67. The average molecular weight is 405 g/mol. The predicted octanol–water partition coefficient (Wildman–Crippen LogP) is 2.43. The van der Waals surface area contributed by atoms with E-state index >= 15 is 0 Å². The zero-order chi connectivity index (χ0) is 14.9. The minimum atomic E-state index is -0.131. The molecule has 0 aromatic carbocycles. The number of amides is 1.